The third-order valence-corrected chi connectivity index (χ3v) is 5.56. The Balaban J connectivity index is 1.38. The van der Waals surface area contributed by atoms with E-state index in [0.29, 0.717) is 6.42 Å². The maximum atomic E-state index is 12.9. The lowest BCUT2D eigenvalue weighted by molar-refractivity contribution is -0.132. The van der Waals surface area contributed by atoms with Crippen LogP contribution in [0.3, 0.4) is 0 Å². The van der Waals surface area contributed by atoms with Gasteiger partial charge in [0.15, 0.2) is 0 Å². The number of hydrogen-bond donors (Lipinski definition) is 1. The molecule has 1 aliphatic rings. The number of rotatable bonds is 6. The number of aromatic nitrogens is 1. The van der Waals surface area contributed by atoms with Crippen LogP contribution in [-0.2, 0) is 11.2 Å². The van der Waals surface area contributed by atoms with Gasteiger partial charge in [0, 0.05) is 30.1 Å². The summed E-state index contributed by atoms with van der Waals surface area (Å²) in [6, 6.07) is 16.6. The highest BCUT2D eigenvalue weighted by molar-refractivity contribution is 5.83. The van der Waals surface area contributed by atoms with Crippen molar-refractivity contribution in [1.29, 1.82) is 0 Å². The highest BCUT2D eigenvalue weighted by Gasteiger charge is 2.29. The van der Waals surface area contributed by atoms with Crippen LogP contribution in [0.15, 0.2) is 54.7 Å². The van der Waals surface area contributed by atoms with Gasteiger partial charge in [-0.3, -0.25) is 4.79 Å². The number of ether oxygens (including phenoxy) is 1. The number of fused-ring (bicyclic) bond motifs is 1. The Morgan fingerprint density at radius 2 is 2.11 bits per heavy atom. The number of carbonyl (C=O) groups is 1. The van der Waals surface area contributed by atoms with Crippen molar-refractivity contribution >= 4 is 16.8 Å². The van der Waals surface area contributed by atoms with Crippen molar-refractivity contribution in [2.75, 3.05) is 13.7 Å². The van der Waals surface area contributed by atoms with Crippen molar-refractivity contribution in [3.05, 3.63) is 65.9 Å². The van der Waals surface area contributed by atoms with Gasteiger partial charge in [-0.1, -0.05) is 30.3 Å². The zero-order valence-corrected chi connectivity index (χ0v) is 15.8. The summed E-state index contributed by atoms with van der Waals surface area (Å²) in [6.07, 6.45) is 6.57. The number of likely N-dealkylation sites (tertiary alicyclic amines) is 1. The SMILES string of the molecule is COc1cccc(C2CCCN2C(=O)CCCc2c[nH]c3ccccc23)c1. The number of nitrogens with one attached hydrogen (secondary N) is 1. The number of amides is 1. The smallest absolute Gasteiger partial charge is 0.223 e. The lowest BCUT2D eigenvalue weighted by Gasteiger charge is -2.25. The van der Waals surface area contributed by atoms with E-state index in [2.05, 4.69) is 46.4 Å². The number of aromatic amines is 1. The molecule has 27 heavy (non-hydrogen) atoms. The van der Waals surface area contributed by atoms with Gasteiger partial charge in [-0.05, 0) is 55.0 Å². The molecule has 1 N–H and O–H groups in total. The molecule has 1 fully saturated rings. The number of carbonyl (C=O) groups excluding carboxylic acids is 1. The van der Waals surface area contributed by atoms with Crippen molar-refractivity contribution in [3.8, 4) is 5.75 Å². The van der Waals surface area contributed by atoms with Gasteiger partial charge in [0.2, 0.25) is 5.91 Å². The van der Waals surface area contributed by atoms with Gasteiger partial charge in [-0.2, -0.15) is 0 Å². The van der Waals surface area contributed by atoms with Crippen LogP contribution in [0.2, 0.25) is 0 Å². The average Bonchev–Trinajstić information content (AvgIpc) is 3.35. The number of para-hydroxylation sites is 1. The summed E-state index contributed by atoms with van der Waals surface area (Å²) in [5.41, 5.74) is 3.64. The largest absolute Gasteiger partial charge is 0.497 e. The number of aryl methyl sites for hydroxylation is 1. The van der Waals surface area contributed by atoms with Crippen molar-refractivity contribution < 1.29 is 9.53 Å². The fourth-order valence-corrected chi connectivity index (χ4v) is 4.17. The zero-order valence-electron chi connectivity index (χ0n) is 15.8. The molecule has 1 saturated heterocycles. The van der Waals surface area contributed by atoms with Crippen molar-refractivity contribution in [2.24, 2.45) is 0 Å². The molecule has 1 unspecified atom stereocenters. The van der Waals surface area contributed by atoms with Crippen molar-refractivity contribution in [2.45, 2.75) is 38.1 Å². The van der Waals surface area contributed by atoms with Crippen LogP contribution in [-0.4, -0.2) is 29.4 Å². The second kappa shape index (κ2) is 7.87. The third-order valence-electron chi connectivity index (χ3n) is 5.56. The highest BCUT2D eigenvalue weighted by atomic mass is 16.5. The first-order valence-corrected chi connectivity index (χ1v) is 9.74. The summed E-state index contributed by atoms with van der Waals surface area (Å²) in [6.45, 7) is 0.855. The predicted octanol–water partition coefficient (Wildman–Crippen LogP) is 4.86. The zero-order chi connectivity index (χ0) is 18.6. The van der Waals surface area contributed by atoms with Crippen LogP contribution >= 0.6 is 0 Å². The van der Waals surface area contributed by atoms with Gasteiger partial charge in [0.25, 0.3) is 0 Å². The van der Waals surface area contributed by atoms with Gasteiger partial charge >= 0.3 is 0 Å². The molecule has 0 saturated carbocycles. The van der Waals surface area contributed by atoms with Crippen LogP contribution in [0.4, 0.5) is 0 Å². The maximum Gasteiger partial charge on any atom is 0.223 e. The molecule has 3 aromatic rings. The van der Waals surface area contributed by atoms with Crippen LogP contribution < -0.4 is 4.74 Å². The van der Waals surface area contributed by atoms with E-state index in [9.17, 15) is 4.79 Å². The molecule has 4 nitrogen and oxygen atoms in total. The summed E-state index contributed by atoms with van der Waals surface area (Å²) >= 11 is 0. The Kier molecular flexibility index (Phi) is 5.14. The molecular formula is C23H26N2O2. The topological polar surface area (TPSA) is 45.3 Å². The maximum absolute atomic E-state index is 12.9. The third kappa shape index (κ3) is 3.70. The molecule has 0 spiro atoms. The Bertz CT molecular complexity index is 931. The molecule has 140 valence electrons. The van der Waals surface area contributed by atoms with Crippen LogP contribution in [0, 0.1) is 0 Å². The van der Waals surface area contributed by atoms with E-state index in [4.69, 9.17) is 4.74 Å². The van der Waals surface area contributed by atoms with Gasteiger partial charge < -0.3 is 14.6 Å². The van der Waals surface area contributed by atoms with Gasteiger partial charge in [0.05, 0.1) is 13.2 Å². The van der Waals surface area contributed by atoms with Crippen LogP contribution in [0.5, 0.6) is 5.75 Å². The van der Waals surface area contributed by atoms with Crippen molar-refractivity contribution in [3.63, 3.8) is 0 Å². The van der Waals surface area contributed by atoms with E-state index >= 15 is 0 Å². The number of nitrogens with zero attached hydrogens (tertiary/aromatic N) is 1. The number of hydrogen-bond acceptors (Lipinski definition) is 2. The minimum atomic E-state index is 0.181. The molecule has 2 heterocycles. The Morgan fingerprint density at radius 1 is 1.22 bits per heavy atom. The Morgan fingerprint density at radius 3 is 3.00 bits per heavy atom. The second-order valence-corrected chi connectivity index (χ2v) is 7.23. The number of benzene rings is 2. The second-order valence-electron chi connectivity index (χ2n) is 7.23. The molecule has 1 aliphatic heterocycles. The lowest BCUT2D eigenvalue weighted by atomic mass is 10.0. The molecule has 1 atom stereocenters. The minimum absolute atomic E-state index is 0.181. The van der Waals surface area contributed by atoms with E-state index in [1.807, 2.05) is 18.2 Å². The molecule has 1 amide bonds. The summed E-state index contributed by atoms with van der Waals surface area (Å²) in [5, 5.41) is 1.26. The summed E-state index contributed by atoms with van der Waals surface area (Å²) in [4.78, 5) is 18.2. The predicted molar refractivity (Wildman–Crippen MR) is 108 cm³/mol. The van der Waals surface area contributed by atoms with Gasteiger partial charge in [0.1, 0.15) is 5.75 Å². The van der Waals surface area contributed by atoms with Crippen molar-refractivity contribution in [1.82, 2.24) is 9.88 Å². The monoisotopic (exact) mass is 362 g/mol. The van der Waals surface area contributed by atoms with E-state index in [1.54, 1.807) is 7.11 Å². The van der Waals surface area contributed by atoms with E-state index in [1.165, 1.54) is 16.5 Å². The molecule has 2 aromatic carbocycles. The first-order chi connectivity index (χ1) is 13.3. The molecule has 1 aromatic heterocycles. The lowest BCUT2D eigenvalue weighted by Crippen LogP contribution is -2.30. The van der Waals surface area contributed by atoms with Gasteiger partial charge in [-0.15, -0.1) is 0 Å². The first kappa shape index (κ1) is 17.7. The molecule has 4 rings (SSSR count). The summed E-state index contributed by atoms with van der Waals surface area (Å²) in [7, 11) is 1.68. The molecule has 0 bridgehead atoms. The van der Waals surface area contributed by atoms with E-state index < -0.39 is 0 Å². The minimum Gasteiger partial charge on any atom is -0.497 e. The van der Waals surface area contributed by atoms with E-state index in [0.717, 1.165) is 43.5 Å². The fourth-order valence-electron chi connectivity index (χ4n) is 4.17. The summed E-state index contributed by atoms with van der Waals surface area (Å²) in [5.74, 6) is 1.12. The first-order valence-electron chi connectivity index (χ1n) is 9.74. The summed E-state index contributed by atoms with van der Waals surface area (Å²) < 4.78 is 5.35. The fraction of sp³-hybridized carbons (Fsp3) is 0.348. The molecule has 4 heteroatoms. The quantitative estimate of drug-likeness (QED) is 0.680. The van der Waals surface area contributed by atoms with Gasteiger partial charge in [-0.25, -0.2) is 0 Å². The van der Waals surface area contributed by atoms with E-state index in [-0.39, 0.29) is 11.9 Å². The normalized spacial score (nSPS) is 16.8. The Labute approximate surface area is 160 Å². The average molecular weight is 362 g/mol. The molecular weight excluding hydrogens is 336 g/mol. The standard InChI is InChI=1S/C23H26N2O2/c1-27-19-9-4-7-17(15-19)22-12-6-14-25(22)23(26)13-5-8-18-16-24-21-11-3-2-10-20(18)21/h2-4,7,9-11,15-16,22,24H,5-6,8,12-14H2,1H3. The number of H-pyrrole nitrogens is 1. The highest BCUT2D eigenvalue weighted by Crippen LogP contribution is 2.34. The van der Waals surface area contributed by atoms with Crippen LogP contribution in [0.25, 0.3) is 10.9 Å². The molecule has 0 aliphatic carbocycles. The Hall–Kier alpha value is -2.75. The number of methoxy groups -OCH3 is 1. The molecule has 0 radical (unpaired) electrons. The van der Waals surface area contributed by atoms with Crippen LogP contribution in [0.1, 0.15) is 42.9 Å².